The van der Waals surface area contributed by atoms with E-state index in [0.29, 0.717) is 25.6 Å². The van der Waals surface area contributed by atoms with Gasteiger partial charge in [0.2, 0.25) is 10.0 Å². The van der Waals surface area contributed by atoms with Crippen LogP contribution in [0.2, 0.25) is 0 Å². The van der Waals surface area contributed by atoms with E-state index in [4.69, 9.17) is 5.73 Å². The molecule has 1 aliphatic rings. The fourth-order valence-corrected chi connectivity index (χ4v) is 3.77. The minimum atomic E-state index is -3.41. The molecule has 6 nitrogen and oxygen atoms in total. The van der Waals surface area contributed by atoms with Crippen molar-refractivity contribution in [1.82, 2.24) is 14.1 Å². The van der Waals surface area contributed by atoms with Crippen LogP contribution < -0.4 is 5.73 Å². The van der Waals surface area contributed by atoms with Gasteiger partial charge in [-0.25, -0.2) is 12.7 Å². The molecule has 0 unspecified atom stereocenters. The van der Waals surface area contributed by atoms with Gasteiger partial charge in [-0.1, -0.05) is 12.8 Å². The Morgan fingerprint density at radius 3 is 2.79 bits per heavy atom. The van der Waals surface area contributed by atoms with Crippen LogP contribution in [-0.4, -0.2) is 42.6 Å². The Kier molecular flexibility index (Phi) is 4.59. The number of nitrogens with two attached hydrogens (primary N) is 1. The van der Waals surface area contributed by atoms with E-state index in [0.717, 1.165) is 12.8 Å². The zero-order chi connectivity index (χ0) is 13.9. The first-order valence-corrected chi connectivity index (χ1v) is 8.17. The summed E-state index contributed by atoms with van der Waals surface area (Å²) in [5.74, 6) is 0.499. The lowest BCUT2D eigenvalue weighted by molar-refractivity contribution is 0.387. The van der Waals surface area contributed by atoms with Gasteiger partial charge < -0.3 is 5.73 Å². The van der Waals surface area contributed by atoms with Crippen LogP contribution in [0.5, 0.6) is 0 Å². The molecule has 7 heteroatoms. The molecule has 0 bridgehead atoms. The van der Waals surface area contributed by atoms with Crippen molar-refractivity contribution >= 4 is 10.0 Å². The van der Waals surface area contributed by atoms with Gasteiger partial charge in [0.05, 0.1) is 12.7 Å². The van der Waals surface area contributed by atoms with Gasteiger partial charge in [-0.2, -0.15) is 5.10 Å². The van der Waals surface area contributed by atoms with E-state index < -0.39 is 10.0 Å². The largest absolute Gasteiger partial charge is 0.329 e. The maximum atomic E-state index is 12.4. The predicted octanol–water partition coefficient (Wildman–Crippen LogP) is 0.653. The molecule has 1 aromatic rings. The van der Waals surface area contributed by atoms with Crippen molar-refractivity contribution in [3.8, 4) is 0 Å². The summed E-state index contributed by atoms with van der Waals surface area (Å²) in [6, 6.07) is 0. The molecule has 2 rings (SSSR count). The van der Waals surface area contributed by atoms with Gasteiger partial charge in [0, 0.05) is 26.3 Å². The third kappa shape index (κ3) is 3.34. The lowest BCUT2D eigenvalue weighted by Crippen LogP contribution is -2.31. The summed E-state index contributed by atoms with van der Waals surface area (Å²) in [5, 5.41) is 4.02. The van der Waals surface area contributed by atoms with E-state index >= 15 is 0 Å². The van der Waals surface area contributed by atoms with Crippen molar-refractivity contribution in [1.29, 1.82) is 0 Å². The van der Waals surface area contributed by atoms with Crippen molar-refractivity contribution < 1.29 is 8.42 Å². The Morgan fingerprint density at radius 2 is 2.16 bits per heavy atom. The van der Waals surface area contributed by atoms with Crippen molar-refractivity contribution in [3.63, 3.8) is 0 Å². The molecule has 1 fully saturated rings. The number of rotatable bonds is 6. The van der Waals surface area contributed by atoms with Crippen LogP contribution in [-0.2, 0) is 16.6 Å². The minimum absolute atomic E-state index is 0.251. The summed E-state index contributed by atoms with van der Waals surface area (Å²) < 4.78 is 27.8. The molecule has 1 heterocycles. The average molecular weight is 286 g/mol. The number of aromatic nitrogens is 2. The number of sulfonamides is 1. The van der Waals surface area contributed by atoms with Crippen molar-refractivity contribution in [2.45, 2.75) is 37.1 Å². The maximum absolute atomic E-state index is 12.4. The van der Waals surface area contributed by atoms with Crippen LogP contribution in [0.15, 0.2) is 17.3 Å². The molecule has 0 saturated heterocycles. The number of hydrogen-bond acceptors (Lipinski definition) is 4. The van der Waals surface area contributed by atoms with Crippen LogP contribution >= 0.6 is 0 Å². The Labute approximate surface area is 114 Å². The summed E-state index contributed by atoms with van der Waals surface area (Å²) in [4.78, 5) is 0.251. The van der Waals surface area contributed by atoms with Crippen LogP contribution in [0.1, 0.15) is 25.7 Å². The Morgan fingerprint density at radius 1 is 1.47 bits per heavy atom. The summed E-state index contributed by atoms with van der Waals surface area (Å²) in [6.45, 7) is 1.57. The summed E-state index contributed by atoms with van der Waals surface area (Å²) in [5.41, 5.74) is 5.43. The van der Waals surface area contributed by atoms with Gasteiger partial charge >= 0.3 is 0 Å². The van der Waals surface area contributed by atoms with Gasteiger partial charge in [0.15, 0.2) is 0 Å². The van der Waals surface area contributed by atoms with E-state index in [2.05, 4.69) is 5.10 Å². The van der Waals surface area contributed by atoms with Gasteiger partial charge in [-0.05, 0) is 18.8 Å². The van der Waals surface area contributed by atoms with Crippen molar-refractivity contribution in [2.75, 3.05) is 20.1 Å². The highest BCUT2D eigenvalue weighted by Gasteiger charge is 2.26. The standard InChI is InChI=1S/C12H22N4O2S/c1-15(9-11-4-2-3-5-11)19(17,18)12-8-14-16(10-12)7-6-13/h8,10-11H,2-7,9,13H2,1H3. The van der Waals surface area contributed by atoms with Crippen LogP contribution in [0.25, 0.3) is 0 Å². The summed E-state index contributed by atoms with van der Waals surface area (Å²) in [6.07, 6.45) is 7.64. The zero-order valence-corrected chi connectivity index (χ0v) is 12.1. The van der Waals surface area contributed by atoms with Crippen molar-refractivity contribution in [2.24, 2.45) is 11.7 Å². The second kappa shape index (κ2) is 6.02. The third-order valence-corrected chi connectivity index (χ3v) is 5.44. The normalized spacial score (nSPS) is 17.4. The fourth-order valence-electron chi connectivity index (χ4n) is 2.57. The molecule has 1 aromatic heterocycles. The number of hydrogen-bond donors (Lipinski definition) is 1. The first-order valence-electron chi connectivity index (χ1n) is 6.73. The first kappa shape index (κ1) is 14.5. The Balaban J connectivity index is 2.06. The second-order valence-corrected chi connectivity index (χ2v) is 7.21. The Bertz CT molecular complexity index is 506. The molecular weight excluding hydrogens is 264 g/mol. The van der Waals surface area contributed by atoms with Gasteiger partial charge in [-0.15, -0.1) is 0 Å². The van der Waals surface area contributed by atoms with Crippen LogP contribution in [0.4, 0.5) is 0 Å². The first-order chi connectivity index (χ1) is 9.04. The SMILES string of the molecule is CN(CC1CCCC1)S(=O)(=O)c1cnn(CCN)c1. The molecular formula is C12H22N4O2S. The average Bonchev–Trinajstić information content (AvgIpc) is 3.00. The molecule has 1 aliphatic carbocycles. The monoisotopic (exact) mass is 286 g/mol. The molecule has 0 radical (unpaired) electrons. The molecule has 0 aromatic carbocycles. The quantitative estimate of drug-likeness (QED) is 0.832. The van der Waals surface area contributed by atoms with Crippen molar-refractivity contribution in [3.05, 3.63) is 12.4 Å². The fraction of sp³-hybridized carbons (Fsp3) is 0.750. The molecule has 1 saturated carbocycles. The lowest BCUT2D eigenvalue weighted by atomic mass is 10.1. The van der Waals surface area contributed by atoms with E-state index in [1.165, 1.54) is 23.3 Å². The molecule has 108 valence electrons. The predicted molar refractivity (Wildman–Crippen MR) is 73.1 cm³/mol. The van der Waals surface area contributed by atoms with Gasteiger partial charge in [0.25, 0.3) is 0 Å². The molecule has 19 heavy (non-hydrogen) atoms. The highest BCUT2D eigenvalue weighted by atomic mass is 32.2. The molecule has 2 N–H and O–H groups in total. The second-order valence-electron chi connectivity index (χ2n) is 5.16. The van der Waals surface area contributed by atoms with E-state index in [1.807, 2.05) is 0 Å². The molecule has 0 atom stereocenters. The van der Waals surface area contributed by atoms with E-state index in [-0.39, 0.29) is 4.90 Å². The smallest absolute Gasteiger partial charge is 0.245 e. The minimum Gasteiger partial charge on any atom is -0.329 e. The summed E-state index contributed by atoms with van der Waals surface area (Å²) in [7, 11) is -1.77. The van der Waals surface area contributed by atoms with Gasteiger partial charge in [-0.3, -0.25) is 4.68 Å². The lowest BCUT2D eigenvalue weighted by Gasteiger charge is -2.19. The Hall–Kier alpha value is -0.920. The van der Waals surface area contributed by atoms with Crippen LogP contribution in [0, 0.1) is 5.92 Å². The summed E-state index contributed by atoms with van der Waals surface area (Å²) >= 11 is 0. The van der Waals surface area contributed by atoms with E-state index in [1.54, 1.807) is 17.9 Å². The highest BCUT2D eigenvalue weighted by Crippen LogP contribution is 2.26. The van der Waals surface area contributed by atoms with Gasteiger partial charge in [0.1, 0.15) is 4.90 Å². The molecule has 0 aliphatic heterocycles. The zero-order valence-electron chi connectivity index (χ0n) is 11.3. The van der Waals surface area contributed by atoms with Crippen LogP contribution in [0.3, 0.4) is 0 Å². The third-order valence-electron chi connectivity index (χ3n) is 3.67. The highest BCUT2D eigenvalue weighted by molar-refractivity contribution is 7.89. The van der Waals surface area contributed by atoms with E-state index in [9.17, 15) is 8.42 Å². The maximum Gasteiger partial charge on any atom is 0.245 e. The molecule has 0 spiro atoms. The molecule has 0 amide bonds. The topological polar surface area (TPSA) is 81.2 Å². The number of nitrogens with zero attached hydrogens (tertiary/aromatic N) is 3.